The molecule has 0 radical (unpaired) electrons. The molecule has 0 aliphatic carbocycles. The Morgan fingerprint density at radius 2 is 2.29 bits per heavy atom. The number of nitrogens with zero attached hydrogens (tertiary/aromatic N) is 3. The molecule has 8 heteroatoms. The summed E-state index contributed by atoms with van der Waals surface area (Å²) >= 11 is 7.32. The average molecular weight is 326 g/mol. The Bertz CT molecular complexity index is 661. The van der Waals surface area contributed by atoms with Gasteiger partial charge in [-0.25, -0.2) is 4.98 Å². The number of hydrogen-bond acceptors (Lipinski definition) is 5. The molecule has 0 N–H and O–H groups in total. The fraction of sp³-hybridized carbons (Fsp3) is 0.231. The van der Waals surface area contributed by atoms with Gasteiger partial charge in [0.25, 0.3) is 5.91 Å². The molecule has 2 aromatic rings. The Labute approximate surface area is 130 Å². The summed E-state index contributed by atoms with van der Waals surface area (Å²) in [5.74, 6) is -0.442. The van der Waals surface area contributed by atoms with Crippen molar-refractivity contribution in [2.45, 2.75) is 6.42 Å². The van der Waals surface area contributed by atoms with Gasteiger partial charge in [0.15, 0.2) is 0 Å². The average Bonchev–Trinajstić information content (AvgIpc) is 2.96. The van der Waals surface area contributed by atoms with E-state index in [1.165, 1.54) is 17.2 Å². The van der Waals surface area contributed by atoms with Crippen molar-refractivity contribution >= 4 is 34.5 Å². The van der Waals surface area contributed by atoms with Crippen molar-refractivity contribution in [3.05, 3.63) is 55.5 Å². The number of halogens is 1. The number of carbonyl (C=O) groups excluding carboxylic acids is 1. The van der Waals surface area contributed by atoms with E-state index >= 15 is 0 Å². The molecule has 0 saturated heterocycles. The van der Waals surface area contributed by atoms with Crippen molar-refractivity contribution in [2.24, 2.45) is 0 Å². The third-order valence-electron chi connectivity index (χ3n) is 2.91. The topological polar surface area (TPSA) is 76.3 Å². The minimum atomic E-state index is -0.685. The smallest absolute Gasteiger partial charge is 0.319 e. The second-order valence-electron chi connectivity index (χ2n) is 4.31. The molecule has 0 bridgehead atoms. The van der Waals surface area contributed by atoms with Crippen molar-refractivity contribution in [1.82, 2.24) is 9.88 Å². The normalized spacial score (nSPS) is 10.4. The van der Waals surface area contributed by atoms with Gasteiger partial charge in [0.1, 0.15) is 5.56 Å². The maximum absolute atomic E-state index is 12.3. The van der Waals surface area contributed by atoms with E-state index < -0.39 is 16.5 Å². The molecule has 0 aliphatic rings. The summed E-state index contributed by atoms with van der Waals surface area (Å²) in [5, 5.41) is 12.7. The highest BCUT2D eigenvalue weighted by Crippen LogP contribution is 2.26. The summed E-state index contributed by atoms with van der Waals surface area (Å²) < 4.78 is 0. The van der Waals surface area contributed by atoms with Crippen LogP contribution in [0.3, 0.4) is 0 Å². The highest BCUT2D eigenvalue weighted by Gasteiger charge is 2.26. The number of carbonyl (C=O) groups is 1. The maximum Gasteiger partial charge on any atom is 0.319 e. The monoisotopic (exact) mass is 325 g/mol. The molecule has 21 heavy (non-hydrogen) atoms. The predicted octanol–water partition coefficient (Wildman–Crippen LogP) is 3.02. The van der Waals surface area contributed by atoms with E-state index in [-0.39, 0.29) is 10.7 Å². The Hall–Kier alpha value is -1.99. The van der Waals surface area contributed by atoms with Gasteiger partial charge in [-0.3, -0.25) is 14.9 Å². The van der Waals surface area contributed by atoms with Crippen LogP contribution in [0.5, 0.6) is 0 Å². The summed E-state index contributed by atoms with van der Waals surface area (Å²) in [6, 6.07) is 5.23. The quantitative estimate of drug-likeness (QED) is 0.481. The van der Waals surface area contributed by atoms with Crippen LogP contribution in [0.2, 0.25) is 5.15 Å². The number of hydrogen-bond donors (Lipinski definition) is 0. The van der Waals surface area contributed by atoms with Gasteiger partial charge in [0, 0.05) is 24.7 Å². The molecule has 0 aliphatic heterocycles. The first-order valence-corrected chi connectivity index (χ1v) is 7.33. The van der Waals surface area contributed by atoms with Crippen molar-refractivity contribution in [2.75, 3.05) is 13.6 Å². The zero-order valence-corrected chi connectivity index (χ0v) is 12.7. The number of rotatable bonds is 5. The highest BCUT2D eigenvalue weighted by molar-refractivity contribution is 7.09. The van der Waals surface area contributed by atoms with Crippen LogP contribution < -0.4 is 0 Å². The molecule has 0 atom stereocenters. The number of aromatic nitrogens is 1. The lowest BCUT2D eigenvalue weighted by molar-refractivity contribution is -0.385. The molecule has 1 amide bonds. The Morgan fingerprint density at radius 1 is 1.52 bits per heavy atom. The standard InChI is InChI=1S/C13H12ClN3O3S/c1-16(7-5-9-3-2-8-21-9)13(18)10-4-6-15-12(14)11(10)17(19)20/h2-4,6,8H,5,7H2,1H3. The number of pyridine rings is 1. The van der Waals surface area contributed by atoms with Gasteiger partial charge in [-0.2, -0.15) is 0 Å². The Balaban J connectivity index is 2.16. The lowest BCUT2D eigenvalue weighted by Gasteiger charge is -2.16. The molecule has 0 fully saturated rings. The van der Waals surface area contributed by atoms with Gasteiger partial charge in [-0.1, -0.05) is 17.7 Å². The van der Waals surface area contributed by atoms with Crippen molar-refractivity contribution in [1.29, 1.82) is 0 Å². The van der Waals surface area contributed by atoms with Crippen LogP contribution in [-0.2, 0) is 6.42 Å². The molecule has 110 valence electrons. The zero-order valence-electron chi connectivity index (χ0n) is 11.2. The molecule has 6 nitrogen and oxygen atoms in total. The lowest BCUT2D eigenvalue weighted by atomic mass is 10.2. The van der Waals surface area contributed by atoms with Gasteiger partial charge in [-0.05, 0) is 23.9 Å². The van der Waals surface area contributed by atoms with E-state index in [2.05, 4.69) is 4.98 Å². The van der Waals surface area contributed by atoms with Crippen LogP contribution in [0.25, 0.3) is 0 Å². The van der Waals surface area contributed by atoms with Gasteiger partial charge >= 0.3 is 5.69 Å². The van der Waals surface area contributed by atoms with Crippen LogP contribution >= 0.6 is 22.9 Å². The molecule has 0 unspecified atom stereocenters. The van der Waals surface area contributed by atoms with Crippen LogP contribution in [0.4, 0.5) is 5.69 Å². The van der Waals surface area contributed by atoms with E-state index in [0.717, 1.165) is 4.88 Å². The minimum absolute atomic E-state index is 0.0475. The fourth-order valence-corrected chi connectivity index (χ4v) is 2.74. The third kappa shape index (κ3) is 3.56. The molecule has 0 spiro atoms. The first kappa shape index (κ1) is 15.4. The summed E-state index contributed by atoms with van der Waals surface area (Å²) in [6.07, 6.45) is 1.99. The third-order valence-corrected chi connectivity index (χ3v) is 4.13. The lowest BCUT2D eigenvalue weighted by Crippen LogP contribution is -2.29. The highest BCUT2D eigenvalue weighted by atomic mass is 35.5. The summed E-state index contributed by atoms with van der Waals surface area (Å²) in [7, 11) is 1.61. The van der Waals surface area contributed by atoms with E-state index in [9.17, 15) is 14.9 Å². The van der Waals surface area contributed by atoms with Crippen LogP contribution in [0.1, 0.15) is 15.2 Å². The summed E-state index contributed by atoms with van der Waals surface area (Å²) in [6.45, 7) is 0.469. The minimum Gasteiger partial charge on any atom is -0.341 e. The molecule has 0 saturated carbocycles. The van der Waals surface area contributed by atoms with Gasteiger partial charge in [0.05, 0.1) is 4.92 Å². The Kier molecular flexibility index (Phi) is 4.87. The van der Waals surface area contributed by atoms with Crippen molar-refractivity contribution in [3.8, 4) is 0 Å². The number of thiophene rings is 1. The van der Waals surface area contributed by atoms with Crippen LogP contribution in [-0.4, -0.2) is 34.3 Å². The number of amides is 1. The molecular formula is C13H12ClN3O3S. The van der Waals surface area contributed by atoms with E-state index in [0.29, 0.717) is 13.0 Å². The maximum atomic E-state index is 12.3. The van der Waals surface area contributed by atoms with Gasteiger partial charge in [-0.15, -0.1) is 11.3 Å². The molecule has 0 aromatic carbocycles. The van der Waals surface area contributed by atoms with Gasteiger partial charge in [0.2, 0.25) is 5.15 Å². The second kappa shape index (κ2) is 6.64. The SMILES string of the molecule is CN(CCc1cccs1)C(=O)c1ccnc(Cl)c1[N+](=O)[O-]. The molecule has 2 rings (SSSR count). The van der Waals surface area contributed by atoms with Gasteiger partial charge < -0.3 is 4.90 Å². The first-order chi connectivity index (χ1) is 10.0. The van der Waals surface area contributed by atoms with E-state index in [1.807, 2.05) is 17.5 Å². The summed E-state index contributed by atoms with van der Waals surface area (Å²) in [4.78, 5) is 28.9. The number of likely N-dealkylation sites (N-methyl/N-ethyl adjacent to an activating group) is 1. The number of nitro groups is 1. The Morgan fingerprint density at radius 3 is 2.90 bits per heavy atom. The van der Waals surface area contributed by atoms with Crippen molar-refractivity contribution in [3.63, 3.8) is 0 Å². The second-order valence-corrected chi connectivity index (χ2v) is 5.70. The zero-order chi connectivity index (χ0) is 15.4. The van der Waals surface area contributed by atoms with E-state index in [1.54, 1.807) is 18.4 Å². The first-order valence-electron chi connectivity index (χ1n) is 6.07. The predicted molar refractivity (Wildman–Crippen MR) is 80.9 cm³/mol. The molecule has 2 aromatic heterocycles. The van der Waals surface area contributed by atoms with Crippen molar-refractivity contribution < 1.29 is 9.72 Å². The largest absolute Gasteiger partial charge is 0.341 e. The fourth-order valence-electron chi connectivity index (χ4n) is 1.81. The van der Waals surface area contributed by atoms with Crippen LogP contribution in [0, 0.1) is 10.1 Å². The van der Waals surface area contributed by atoms with E-state index in [4.69, 9.17) is 11.6 Å². The molecular weight excluding hydrogens is 314 g/mol. The van der Waals surface area contributed by atoms with Crippen LogP contribution in [0.15, 0.2) is 29.8 Å². The molecule has 2 heterocycles. The summed E-state index contributed by atoms with van der Waals surface area (Å²) in [5.41, 5.74) is -0.499.